The molecule has 1 atom stereocenters. The second-order valence-corrected chi connectivity index (χ2v) is 8.64. The van der Waals surface area contributed by atoms with E-state index in [1.54, 1.807) is 41.8 Å². The summed E-state index contributed by atoms with van der Waals surface area (Å²) < 4.78 is 21.4. The van der Waals surface area contributed by atoms with Gasteiger partial charge in [0.15, 0.2) is 22.5 Å². The van der Waals surface area contributed by atoms with Crippen molar-refractivity contribution in [3.63, 3.8) is 0 Å². The molecule has 0 fully saturated rings. The Balaban J connectivity index is 1.54. The maximum Gasteiger partial charge on any atom is 0.238 e. The smallest absolute Gasteiger partial charge is 0.238 e. The van der Waals surface area contributed by atoms with Crippen molar-refractivity contribution in [1.82, 2.24) is 19.7 Å². The molecule has 4 rings (SSSR count). The third-order valence-electron chi connectivity index (χ3n) is 4.54. The summed E-state index contributed by atoms with van der Waals surface area (Å²) in [5.74, 6) is 0.289. The predicted molar refractivity (Wildman–Crippen MR) is 125 cm³/mol. The maximum absolute atomic E-state index is 14.0. The number of nitrogens with one attached hydrogen (secondary N) is 1. The van der Waals surface area contributed by atoms with Gasteiger partial charge in [0, 0.05) is 11.9 Å². The van der Waals surface area contributed by atoms with Crippen LogP contribution in [-0.2, 0) is 11.4 Å². The number of benzene rings is 2. The third kappa shape index (κ3) is 5.68. The lowest BCUT2D eigenvalue weighted by Gasteiger charge is -2.14. The van der Waals surface area contributed by atoms with Crippen LogP contribution in [0.1, 0.15) is 12.7 Å². The number of halogens is 2. The van der Waals surface area contributed by atoms with E-state index in [2.05, 4.69) is 20.5 Å². The number of hydrogen-bond donors (Lipinski definition) is 1. The quantitative estimate of drug-likeness (QED) is 0.349. The normalized spacial score (nSPS) is 11.7. The molecule has 168 valence electrons. The molecule has 1 unspecified atom stereocenters. The molecule has 0 radical (unpaired) electrons. The average Bonchev–Trinajstić information content (AvgIpc) is 3.22. The predicted octanol–water partition coefficient (Wildman–Crippen LogP) is 5.15. The number of amides is 1. The van der Waals surface area contributed by atoms with E-state index >= 15 is 0 Å². The lowest BCUT2D eigenvalue weighted by Crippen LogP contribution is -2.23. The second kappa shape index (κ2) is 10.5. The lowest BCUT2D eigenvalue weighted by atomic mass is 10.3. The SMILES string of the molecule is CC(Sc1nnc(COc2ccccc2F)n1-c1ccccc1)C(=O)Nc1ccc(Cl)cn1. The molecule has 2 aromatic heterocycles. The van der Waals surface area contributed by atoms with Crippen LogP contribution in [0.4, 0.5) is 10.2 Å². The number of rotatable bonds is 8. The maximum atomic E-state index is 14.0. The van der Waals surface area contributed by atoms with Gasteiger partial charge in [-0.2, -0.15) is 0 Å². The first-order chi connectivity index (χ1) is 16.0. The molecule has 2 heterocycles. The van der Waals surface area contributed by atoms with Crippen LogP contribution < -0.4 is 10.1 Å². The summed E-state index contributed by atoms with van der Waals surface area (Å²) in [6.07, 6.45) is 1.46. The van der Waals surface area contributed by atoms with Crippen LogP contribution in [-0.4, -0.2) is 30.9 Å². The van der Waals surface area contributed by atoms with Crippen molar-refractivity contribution in [2.75, 3.05) is 5.32 Å². The van der Waals surface area contributed by atoms with E-state index in [0.717, 1.165) is 5.69 Å². The van der Waals surface area contributed by atoms with Gasteiger partial charge in [0.2, 0.25) is 5.91 Å². The van der Waals surface area contributed by atoms with Gasteiger partial charge in [0.1, 0.15) is 12.4 Å². The number of anilines is 1. The molecule has 0 spiro atoms. The topological polar surface area (TPSA) is 81.9 Å². The molecular formula is C23H19ClFN5O2S. The zero-order valence-electron chi connectivity index (χ0n) is 17.5. The van der Waals surface area contributed by atoms with E-state index in [0.29, 0.717) is 21.8 Å². The van der Waals surface area contributed by atoms with Crippen molar-refractivity contribution in [2.24, 2.45) is 0 Å². The molecule has 7 nitrogen and oxygen atoms in total. The fraction of sp³-hybridized carbons (Fsp3) is 0.130. The zero-order chi connectivity index (χ0) is 23.2. The van der Waals surface area contributed by atoms with Crippen molar-refractivity contribution in [3.8, 4) is 11.4 Å². The highest BCUT2D eigenvalue weighted by Gasteiger charge is 2.22. The number of thioether (sulfide) groups is 1. The Kier molecular flexibility index (Phi) is 7.21. The molecule has 0 saturated carbocycles. The van der Waals surface area contributed by atoms with Crippen LogP contribution in [0.25, 0.3) is 5.69 Å². The number of para-hydroxylation sites is 2. The minimum Gasteiger partial charge on any atom is -0.483 e. The first-order valence-electron chi connectivity index (χ1n) is 9.97. The molecule has 4 aromatic rings. The van der Waals surface area contributed by atoms with E-state index in [1.807, 2.05) is 30.3 Å². The summed E-state index contributed by atoms with van der Waals surface area (Å²) in [4.78, 5) is 16.8. The molecule has 33 heavy (non-hydrogen) atoms. The number of carbonyl (C=O) groups excluding carboxylic acids is 1. The summed E-state index contributed by atoms with van der Waals surface area (Å²) in [7, 11) is 0. The van der Waals surface area contributed by atoms with E-state index in [9.17, 15) is 9.18 Å². The van der Waals surface area contributed by atoms with Crippen molar-refractivity contribution in [1.29, 1.82) is 0 Å². The number of hydrogen-bond acceptors (Lipinski definition) is 6. The Morgan fingerprint density at radius 3 is 2.61 bits per heavy atom. The van der Waals surface area contributed by atoms with Gasteiger partial charge >= 0.3 is 0 Å². The monoisotopic (exact) mass is 483 g/mol. The van der Waals surface area contributed by atoms with Gasteiger partial charge in [-0.15, -0.1) is 10.2 Å². The average molecular weight is 484 g/mol. The number of pyridine rings is 1. The molecule has 10 heteroatoms. The van der Waals surface area contributed by atoms with Gasteiger partial charge in [-0.05, 0) is 43.3 Å². The van der Waals surface area contributed by atoms with Gasteiger partial charge in [-0.3, -0.25) is 9.36 Å². The highest BCUT2D eigenvalue weighted by atomic mass is 35.5. The highest BCUT2D eigenvalue weighted by Crippen LogP contribution is 2.27. The Hall–Kier alpha value is -3.43. The summed E-state index contributed by atoms with van der Waals surface area (Å²) in [5.41, 5.74) is 0.795. The van der Waals surface area contributed by atoms with E-state index in [-0.39, 0.29) is 18.3 Å². The molecule has 0 bridgehead atoms. The molecule has 0 saturated heterocycles. The standard InChI is InChI=1S/C23H19ClFN5O2S/c1-15(22(31)27-20-12-11-16(24)13-26-20)33-23-29-28-21(30(23)17-7-3-2-4-8-17)14-32-19-10-6-5-9-18(19)25/h2-13,15H,14H2,1H3,(H,26,27,31). The van der Waals surface area contributed by atoms with Gasteiger partial charge < -0.3 is 10.1 Å². The first-order valence-corrected chi connectivity index (χ1v) is 11.2. The third-order valence-corrected chi connectivity index (χ3v) is 5.80. The summed E-state index contributed by atoms with van der Waals surface area (Å²) in [6.45, 7) is 1.76. The summed E-state index contributed by atoms with van der Waals surface area (Å²) >= 11 is 7.08. The van der Waals surface area contributed by atoms with Crippen molar-refractivity contribution >= 4 is 35.1 Å². The number of aromatic nitrogens is 4. The largest absolute Gasteiger partial charge is 0.483 e. The van der Waals surface area contributed by atoms with Crippen LogP contribution in [0, 0.1) is 5.82 Å². The Bertz CT molecular complexity index is 1240. The van der Waals surface area contributed by atoms with Gasteiger partial charge in [0.05, 0.1) is 10.3 Å². The van der Waals surface area contributed by atoms with Crippen molar-refractivity contribution in [2.45, 2.75) is 23.9 Å². The van der Waals surface area contributed by atoms with E-state index in [4.69, 9.17) is 16.3 Å². The summed E-state index contributed by atoms with van der Waals surface area (Å²) in [5, 5.41) is 11.7. The molecule has 0 aliphatic heterocycles. The van der Waals surface area contributed by atoms with Crippen molar-refractivity contribution < 1.29 is 13.9 Å². The minimum absolute atomic E-state index is 0.00133. The van der Waals surface area contributed by atoms with Crippen LogP contribution in [0.2, 0.25) is 5.02 Å². The van der Waals surface area contributed by atoms with Crippen LogP contribution in [0.5, 0.6) is 5.75 Å². The minimum atomic E-state index is -0.505. The number of nitrogens with zero attached hydrogens (tertiary/aromatic N) is 4. The van der Waals surface area contributed by atoms with Crippen LogP contribution >= 0.6 is 23.4 Å². The van der Waals surface area contributed by atoms with E-state index < -0.39 is 11.1 Å². The Morgan fingerprint density at radius 2 is 1.88 bits per heavy atom. The fourth-order valence-corrected chi connectivity index (χ4v) is 3.90. The molecule has 2 aromatic carbocycles. The van der Waals surface area contributed by atoms with E-state index in [1.165, 1.54) is 24.0 Å². The molecule has 0 aliphatic carbocycles. The lowest BCUT2D eigenvalue weighted by molar-refractivity contribution is -0.115. The molecule has 1 amide bonds. The van der Waals surface area contributed by atoms with Crippen LogP contribution in [0.15, 0.2) is 78.1 Å². The van der Waals surface area contributed by atoms with Gasteiger partial charge in [0.25, 0.3) is 0 Å². The molecule has 0 aliphatic rings. The molecule has 1 N–H and O–H groups in total. The Labute approximate surface area is 199 Å². The fourth-order valence-electron chi connectivity index (χ4n) is 2.90. The van der Waals surface area contributed by atoms with Crippen LogP contribution in [0.3, 0.4) is 0 Å². The highest BCUT2D eigenvalue weighted by molar-refractivity contribution is 8.00. The van der Waals surface area contributed by atoms with Gasteiger partial charge in [-0.25, -0.2) is 9.37 Å². The number of ether oxygens (including phenoxy) is 1. The van der Waals surface area contributed by atoms with Crippen molar-refractivity contribution in [3.05, 3.63) is 89.6 Å². The Morgan fingerprint density at radius 1 is 1.12 bits per heavy atom. The van der Waals surface area contributed by atoms with Gasteiger partial charge in [-0.1, -0.05) is 53.7 Å². The summed E-state index contributed by atoms with van der Waals surface area (Å²) in [6, 6.07) is 18.9. The first kappa shape index (κ1) is 22.8. The number of carbonyl (C=O) groups is 1. The zero-order valence-corrected chi connectivity index (χ0v) is 19.1. The second-order valence-electron chi connectivity index (χ2n) is 6.90. The molecular weight excluding hydrogens is 465 g/mol.